The number of nitrogens with zero attached hydrogens (tertiary/aromatic N) is 1. The zero-order valence-corrected chi connectivity index (χ0v) is 16.2. The van der Waals surface area contributed by atoms with E-state index in [9.17, 15) is 14.4 Å². The summed E-state index contributed by atoms with van der Waals surface area (Å²) in [7, 11) is 1.87. The van der Waals surface area contributed by atoms with Gasteiger partial charge in [-0.15, -0.1) is 0 Å². The molecule has 0 saturated carbocycles. The first-order valence-electron chi connectivity index (χ1n) is 9.64. The van der Waals surface area contributed by atoms with Crippen LogP contribution in [0, 0.1) is 5.92 Å². The number of nitrogens with one attached hydrogen (secondary N) is 3. The van der Waals surface area contributed by atoms with Crippen LogP contribution in [0.5, 0.6) is 0 Å². The number of rotatable bonds is 10. The lowest BCUT2D eigenvalue weighted by Gasteiger charge is -2.14. The zero-order valence-electron chi connectivity index (χ0n) is 16.2. The molecule has 1 aromatic rings. The van der Waals surface area contributed by atoms with Crippen molar-refractivity contribution in [2.24, 2.45) is 5.92 Å². The van der Waals surface area contributed by atoms with Crippen LogP contribution >= 0.6 is 0 Å². The molecule has 0 aliphatic carbocycles. The van der Waals surface area contributed by atoms with Gasteiger partial charge in [-0.1, -0.05) is 31.9 Å². The second kappa shape index (κ2) is 10.5. The van der Waals surface area contributed by atoms with Crippen molar-refractivity contribution in [1.29, 1.82) is 0 Å². The van der Waals surface area contributed by atoms with E-state index >= 15 is 0 Å². The maximum atomic E-state index is 11.8. The molecule has 1 unspecified atom stereocenters. The van der Waals surface area contributed by atoms with Gasteiger partial charge in [0.25, 0.3) is 0 Å². The number of benzene rings is 1. The highest BCUT2D eigenvalue weighted by atomic mass is 16.2. The first-order chi connectivity index (χ1) is 13.0. The molecule has 4 amide bonds. The minimum Gasteiger partial charge on any atom is -0.388 e. The number of urea groups is 1. The highest BCUT2D eigenvalue weighted by molar-refractivity contribution is 6.03. The third-order valence-electron chi connectivity index (χ3n) is 4.76. The second-order valence-corrected chi connectivity index (χ2v) is 6.96. The van der Waals surface area contributed by atoms with Crippen LogP contribution in [-0.4, -0.2) is 42.9 Å². The molecule has 1 aliphatic rings. The molecule has 7 heteroatoms. The molecule has 0 aromatic heterocycles. The summed E-state index contributed by atoms with van der Waals surface area (Å²) in [5, 5.41) is 8.74. The van der Waals surface area contributed by atoms with Crippen LogP contribution in [0.2, 0.25) is 0 Å². The number of hydrogen-bond acceptors (Lipinski definition) is 4. The van der Waals surface area contributed by atoms with E-state index in [-0.39, 0.29) is 23.8 Å². The number of anilines is 1. The fourth-order valence-corrected chi connectivity index (χ4v) is 3.07. The average Bonchev–Trinajstić information content (AvgIpc) is 2.91. The first-order valence-corrected chi connectivity index (χ1v) is 9.64. The lowest BCUT2D eigenvalue weighted by atomic mass is 10.1. The second-order valence-electron chi connectivity index (χ2n) is 6.96. The zero-order chi connectivity index (χ0) is 19.6. The van der Waals surface area contributed by atoms with Crippen LogP contribution in [-0.2, 0) is 16.1 Å². The smallest absolute Gasteiger partial charge is 0.315 e. The molecular weight excluding hydrogens is 344 g/mol. The molecule has 7 nitrogen and oxygen atoms in total. The van der Waals surface area contributed by atoms with Crippen LogP contribution in [0.1, 0.15) is 44.6 Å². The number of hydrogen-bond donors (Lipinski definition) is 3. The lowest BCUT2D eigenvalue weighted by Crippen LogP contribution is -2.35. The summed E-state index contributed by atoms with van der Waals surface area (Å²) < 4.78 is 0. The predicted octanol–water partition coefficient (Wildman–Crippen LogP) is 2.48. The number of unbranched alkanes of at least 4 members (excludes halogenated alkanes) is 3. The third-order valence-corrected chi connectivity index (χ3v) is 4.76. The van der Waals surface area contributed by atoms with E-state index in [1.54, 1.807) is 6.92 Å². The molecule has 0 spiro atoms. The fourth-order valence-electron chi connectivity index (χ4n) is 3.07. The van der Waals surface area contributed by atoms with E-state index in [1.165, 1.54) is 4.90 Å². The van der Waals surface area contributed by atoms with Crippen LogP contribution in [0.3, 0.4) is 0 Å². The Morgan fingerprint density at radius 3 is 2.41 bits per heavy atom. The maximum Gasteiger partial charge on any atom is 0.315 e. The number of imide groups is 1. The van der Waals surface area contributed by atoms with Crippen molar-refractivity contribution in [3.8, 4) is 0 Å². The van der Waals surface area contributed by atoms with Crippen molar-refractivity contribution < 1.29 is 14.4 Å². The summed E-state index contributed by atoms with van der Waals surface area (Å²) in [6, 6.07) is 7.72. The molecule has 1 saturated heterocycles. The van der Waals surface area contributed by atoms with Gasteiger partial charge in [0.2, 0.25) is 11.8 Å². The standard InChI is InChI=1S/C20H30N4O3/c1-15-13-18(25)24(19(15)26)12-6-4-3-5-11-22-20(27)23-14-16-7-9-17(21-2)10-8-16/h7-10,15,21H,3-6,11-14H2,1-2H3,(H2,22,23,27). The van der Waals surface area contributed by atoms with E-state index in [1.807, 2.05) is 31.3 Å². The maximum absolute atomic E-state index is 11.8. The van der Waals surface area contributed by atoms with E-state index in [2.05, 4.69) is 16.0 Å². The molecule has 1 atom stereocenters. The number of carbonyl (C=O) groups is 3. The molecule has 148 valence electrons. The summed E-state index contributed by atoms with van der Waals surface area (Å²) in [4.78, 5) is 36.7. The largest absolute Gasteiger partial charge is 0.388 e. The van der Waals surface area contributed by atoms with Gasteiger partial charge < -0.3 is 16.0 Å². The molecule has 1 heterocycles. The van der Waals surface area contributed by atoms with Gasteiger partial charge in [0.15, 0.2) is 0 Å². The van der Waals surface area contributed by atoms with E-state index in [4.69, 9.17) is 0 Å². The van der Waals surface area contributed by atoms with Gasteiger partial charge in [0, 0.05) is 44.7 Å². The van der Waals surface area contributed by atoms with E-state index < -0.39 is 0 Å². The Hall–Kier alpha value is -2.57. The van der Waals surface area contributed by atoms with Gasteiger partial charge in [0.1, 0.15) is 0 Å². The summed E-state index contributed by atoms with van der Waals surface area (Å²) in [6.45, 7) is 3.42. The minimum absolute atomic E-state index is 0.0427. The summed E-state index contributed by atoms with van der Waals surface area (Å²) in [5.41, 5.74) is 2.08. The Bertz CT molecular complexity index is 645. The van der Waals surface area contributed by atoms with Crippen LogP contribution in [0.25, 0.3) is 0 Å². The van der Waals surface area contributed by atoms with Gasteiger partial charge in [0.05, 0.1) is 0 Å². The highest BCUT2D eigenvalue weighted by Gasteiger charge is 2.34. The Labute approximate surface area is 160 Å². The van der Waals surface area contributed by atoms with Gasteiger partial charge in [-0.2, -0.15) is 0 Å². The van der Waals surface area contributed by atoms with Crippen molar-refractivity contribution in [3.63, 3.8) is 0 Å². The molecule has 2 rings (SSSR count). The van der Waals surface area contributed by atoms with Gasteiger partial charge in [-0.25, -0.2) is 4.79 Å². The first kappa shape index (κ1) is 20.7. The van der Waals surface area contributed by atoms with Crippen molar-refractivity contribution in [1.82, 2.24) is 15.5 Å². The topological polar surface area (TPSA) is 90.5 Å². The summed E-state index contributed by atoms with van der Waals surface area (Å²) >= 11 is 0. The Morgan fingerprint density at radius 2 is 1.78 bits per heavy atom. The molecule has 0 radical (unpaired) electrons. The monoisotopic (exact) mass is 374 g/mol. The van der Waals surface area contributed by atoms with Gasteiger partial charge >= 0.3 is 6.03 Å². The molecule has 3 N–H and O–H groups in total. The van der Waals surface area contributed by atoms with E-state index in [0.717, 1.165) is 36.9 Å². The molecule has 27 heavy (non-hydrogen) atoms. The Kier molecular flexibility index (Phi) is 8.10. The molecular formula is C20H30N4O3. The molecule has 1 fully saturated rings. The quantitative estimate of drug-likeness (QED) is 0.433. The SMILES string of the molecule is CNc1ccc(CNC(=O)NCCCCCCN2C(=O)CC(C)C2=O)cc1. The number of amides is 4. The van der Waals surface area contributed by atoms with E-state index in [0.29, 0.717) is 26.1 Å². The van der Waals surface area contributed by atoms with Gasteiger partial charge in [-0.3, -0.25) is 14.5 Å². The van der Waals surface area contributed by atoms with Crippen LogP contribution in [0.15, 0.2) is 24.3 Å². The number of carbonyl (C=O) groups excluding carboxylic acids is 3. The highest BCUT2D eigenvalue weighted by Crippen LogP contribution is 2.19. The van der Waals surface area contributed by atoms with Crippen molar-refractivity contribution in [2.75, 3.05) is 25.5 Å². The predicted molar refractivity (Wildman–Crippen MR) is 105 cm³/mol. The van der Waals surface area contributed by atoms with Gasteiger partial charge in [-0.05, 0) is 30.5 Å². The Balaban J connectivity index is 1.49. The molecule has 1 aliphatic heterocycles. The normalized spacial score (nSPS) is 16.5. The van der Waals surface area contributed by atoms with Crippen LogP contribution < -0.4 is 16.0 Å². The average molecular weight is 374 g/mol. The van der Waals surface area contributed by atoms with Crippen molar-refractivity contribution in [3.05, 3.63) is 29.8 Å². The fraction of sp³-hybridized carbons (Fsp3) is 0.550. The third kappa shape index (κ3) is 6.58. The number of likely N-dealkylation sites (tertiary alicyclic amines) is 1. The Morgan fingerprint density at radius 1 is 1.07 bits per heavy atom. The minimum atomic E-state index is -0.171. The molecule has 1 aromatic carbocycles. The lowest BCUT2D eigenvalue weighted by molar-refractivity contribution is -0.139. The summed E-state index contributed by atoms with van der Waals surface area (Å²) in [5.74, 6) is -0.258. The van der Waals surface area contributed by atoms with Crippen molar-refractivity contribution >= 4 is 23.5 Å². The van der Waals surface area contributed by atoms with Crippen LogP contribution in [0.4, 0.5) is 10.5 Å². The molecule has 0 bridgehead atoms. The van der Waals surface area contributed by atoms with Crippen molar-refractivity contribution in [2.45, 2.75) is 45.6 Å². The summed E-state index contributed by atoms with van der Waals surface area (Å²) in [6.07, 6.45) is 3.93.